The Kier molecular flexibility index (Phi) is 9.03. The van der Waals surface area contributed by atoms with Crippen molar-refractivity contribution in [2.75, 3.05) is 26.4 Å². The number of rotatable bonds is 11. The molecule has 0 aliphatic heterocycles. The van der Waals surface area contributed by atoms with E-state index in [0.717, 1.165) is 0 Å². The van der Waals surface area contributed by atoms with Crippen LogP contribution in [0.3, 0.4) is 0 Å². The molecule has 158 valence electrons. The van der Waals surface area contributed by atoms with Crippen LogP contribution in [0.1, 0.15) is 13.3 Å². The molecule has 2 rings (SSSR count). The maximum Gasteiger partial charge on any atom is 0.307 e. The Balaban J connectivity index is 1.69. The van der Waals surface area contributed by atoms with Gasteiger partial charge in [-0.15, -0.1) is 0 Å². The molecule has 10 heteroatoms. The van der Waals surface area contributed by atoms with Gasteiger partial charge in [-0.3, -0.25) is 4.79 Å². The predicted molar refractivity (Wildman–Crippen MR) is 110 cm³/mol. The molecule has 0 aliphatic carbocycles. The molecule has 0 heterocycles. The smallest absolute Gasteiger partial charge is 0.307 e. The van der Waals surface area contributed by atoms with Gasteiger partial charge in [-0.1, -0.05) is 23.2 Å². The predicted octanol–water partition coefficient (Wildman–Crippen LogP) is 3.68. The molecule has 0 saturated heterocycles. The zero-order valence-electron chi connectivity index (χ0n) is 15.7. The molecule has 0 aliphatic rings. The van der Waals surface area contributed by atoms with Gasteiger partial charge in [0.1, 0.15) is 24.7 Å². The monoisotopic (exact) mass is 461 g/mol. The van der Waals surface area contributed by atoms with Crippen LogP contribution < -0.4 is 14.2 Å². The fourth-order valence-electron chi connectivity index (χ4n) is 2.22. The molecular weight excluding hydrogens is 441 g/mol. The maximum atomic E-state index is 12.2. The second-order valence-electron chi connectivity index (χ2n) is 5.70. The van der Waals surface area contributed by atoms with Gasteiger partial charge in [-0.05, 0) is 49.4 Å². The molecule has 2 aromatic carbocycles. The lowest BCUT2D eigenvalue weighted by Crippen LogP contribution is -2.27. The van der Waals surface area contributed by atoms with Crippen LogP contribution >= 0.6 is 23.2 Å². The molecule has 0 unspecified atom stereocenters. The summed E-state index contributed by atoms with van der Waals surface area (Å²) >= 11 is 11.8. The molecule has 0 bridgehead atoms. The first-order valence-corrected chi connectivity index (χ1v) is 11.0. The molecule has 0 atom stereocenters. The fraction of sp³-hybridized carbons (Fsp3) is 0.316. The van der Waals surface area contributed by atoms with Gasteiger partial charge in [-0.2, -0.15) is 0 Å². The number of ether oxygens (including phenoxy) is 3. The summed E-state index contributed by atoms with van der Waals surface area (Å²) in [6.45, 7) is 2.35. The molecule has 29 heavy (non-hydrogen) atoms. The normalized spacial score (nSPS) is 11.1. The van der Waals surface area contributed by atoms with E-state index in [2.05, 4.69) is 4.72 Å². The lowest BCUT2D eigenvalue weighted by atomic mass is 10.3. The molecule has 0 radical (unpaired) electrons. The van der Waals surface area contributed by atoms with Crippen LogP contribution in [0.2, 0.25) is 10.0 Å². The van der Waals surface area contributed by atoms with Gasteiger partial charge in [0.2, 0.25) is 10.0 Å². The average Bonchev–Trinajstić information content (AvgIpc) is 2.67. The van der Waals surface area contributed by atoms with Gasteiger partial charge in [0.05, 0.1) is 22.9 Å². The van der Waals surface area contributed by atoms with E-state index in [4.69, 9.17) is 37.4 Å². The topological polar surface area (TPSA) is 90.9 Å². The molecule has 0 aromatic heterocycles. The van der Waals surface area contributed by atoms with Crippen molar-refractivity contribution in [1.82, 2.24) is 4.72 Å². The van der Waals surface area contributed by atoms with Gasteiger partial charge in [0.15, 0.2) is 0 Å². The van der Waals surface area contributed by atoms with Gasteiger partial charge < -0.3 is 14.2 Å². The van der Waals surface area contributed by atoms with E-state index < -0.39 is 16.0 Å². The summed E-state index contributed by atoms with van der Waals surface area (Å²) in [5.41, 5.74) is 0. The number of hydrogen-bond acceptors (Lipinski definition) is 6. The lowest BCUT2D eigenvalue weighted by Gasteiger charge is -2.10. The Labute approximate surface area is 179 Å². The standard InChI is InChI=1S/C19H21Cl2NO6S/c1-2-26-15-4-6-16(7-5-15)29(24,25)22-10-9-19(23)28-12-11-27-18-8-3-14(20)13-17(18)21/h3-8,13,22H,2,9-12H2,1H3. The first-order chi connectivity index (χ1) is 13.8. The third kappa shape index (κ3) is 7.74. The first-order valence-electron chi connectivity index (χ1n) is 8.78. The minimum atomic E-state index is -3.72. The number of carbonyl (C=O) groups is 1. The SMILES string of the molecule is CCOc1ccc(S(=O)(=O)NCCC(=O)OCCOc2ccc(Cl)cc2Cl)cc1. The number of sulfonamides is 1. The number of nitrogens with one attached hydrogen (secondary N) is 1. The number of carbonyl (C=O) groups excluding carboxylic acids is 1. The van der Waals surface area contributed by atoms with E-state index in [1.54, 1.807) is 30.3 Å². The Bertz CT molecular complexity index is 919. The maximum absolute atomic E-state index is 12.2. The van der Waals surface area contributed by atoms with Gasteiger partial charge in [0, 0.05) is 11.6 Å². The number of benzene rings is 2. The van der Waals surface area contributed by atoms with E-state index in [1.807, 2.05) is 6.92 Å². The largest absolute Gasteiger partial charge is 0.494 e. The Hall–Kier alpha value is -2.00. The highest BCUT2D eigenvalue weighted by Crippen LogP contribution is 2.27. The zero-order chi connectivity index (χ0) is 21.3. The summed E-state index contributed by atoms with van der Waals surface area (Å²) in [6.07, 6.45) is -0.113. The van der Waals surface area contributed by atoms with Crippen molar-refractivity contribution in [3.8, 4) is 11.5 Å². The lowest BCUT2D eigenvalue weighted by molar-refractivity contribution is -0.144. The molecule has 0 fully saturated rings. The fourth-order valence-corrected chi connectivity index (χ4v) is 3.72. The summed E-state index contributed by atoms with van der Waals surface area (Å²) in [7, 11) is -3.72. The summed E-state index contributed by atoms with van der Waals surface area (Å²) < 4.78 is 42.5. The van der Waals surface area contributed by atoms with E-state index in [0.29, 0.717) is 28.2 Å². The van der Waals surface area contributed by atoms with Crippen LogP contribution in [-0.4, -0.2) is 40.8 Å². The highest BCUT2D eigenvalue weighted by Gasteiger charge is 2.14. The summed E-state index contributed by atoms with van der Waals surface area (Å²) in [4.78, 5) is 11.8. The highest BCUT2D eigenvalue weighted by molar-refractivity contribution is 7.89. The molecule has 2 aromatic rings. The second kappa shape index (κ2) is 11.3. The Morgan fingerprint density at radius 1 is 1.03 bits per heavy atom. The summed E-state index contributed by atoms with van der Waals surface area (Å²) in [6, 6.07) is 10.8. The number of halogens is 2. The van der Waals surface area contributed by atoms with E-state index >= 15 is 0 Å². The molecule has 0 amide bonds. The second-order valence-corrected chi connectivity index (χ2v) is 8.31. The van der Waals surface area contributed by atoms with Crippen molar-refractivity contribution in [3.63, 3.8) is 0 Å². The van der Waals surface area contributed by atoms with Gasteiger partial charge in [0.25, 0.3) is 0 Å². The summed E-state index contributed by atoms with van der Waals surface area (Å²) in [5.74, 6) is 0.456. The zero-order valence-corrected chi connectivity index (χ0v) is 18.0. The van der Waals surface area contributed by atoms with Crippen molar-refractivity contribution in [2.24, 2.45) is 0 Å². The third-order valence-electron chi connectivity index (χ3n) is 3.56. The first kappa shape index (κ1) is 23.3. The van der Waals surface area contributed by atoms with Crippen LogP contribution in [0.25, 0.3) is 0 Å². The summed E-state index contributed by atoms with van der Waals surface area (Å²) in [5, 5.41) is 0.842. The quantitative estimate of drug-likeness (QED) is 0.405. The van der Waals surface area contributed by atoms with Gasteiger partial charge >= 0.3 is 5.97 Å². The van der Waals surface area contributed by atoms with E-state index in [-0.39, 0.29) is 31.1 Å². The van der Waals surface area contributed by atoms with E-state index in [9.17, 15) is 13.2 Å². The Morgan fingerprint density at radius 3 is 2.41 bits per heavy atom. The van der Waals surface area contributed by atoms with Crippen molar-refractivity contribution in [2.45, 2.75) is 18.2 Å². The average molecular weight is 462 g/mol. The highest BCUT2D eigenvalue weighted by atomic mass is 35.5. The van der Waals surface area contributed by atoms with Gasteiger partial charge in [-0.25, -0.2) is 13.1 Å². The molecule has 0 spiro atoms. The molecule has 0 saturated carbocycles. The molecule has 7 nitrogen and oxygen atoms in total. The van der Waals surface area contributed by atoms with E-state index in [1.165, 1.54) is 12.1 Å². The van der Waals surface area contributed by atoms with Crippen molar-refractivity contribution in [1.29, 1.82) is 0 Å². The van der Waals surface area contributed by atoms with Crippen molar-refractivity contribution < 1.29 is 27.4 Å². The van der Waals surface area contributed by atoms with Crippen LogP contribution in [0.4, 0.5) is 0 Å². The van der Waals surface area contributed by atoms with Crippen LogP contribution in [0.15, 0.2) is 47.4 Å². The molecular formula is C19H21Cl2NO6S. The van der Waals surface area contributed by atoms with Crippen LogP contribution in [0, 0.1) is 0 Å². The Morgan fingerprint density at radius 2 is 1.76 bits per heavy atom. The third-order valence-corrected chi connectivity index (χ3v) is 5.57. The number of esters is 1. The molecule has 1 N–H and O–H groups in total. The minimum Gasteiger partial charge on any atom is -0.494 e. The number of hydrogen-bond donors (Lipinski definition) is 1. The van der Waals surface area contributed by atoms with Crippen LogP contribution in [0.5, 0.6) is 11.5 Å². The van der Waals surface area contributed by atoms with Crippen molar-refractivity contribution >= 4 is 39.2 Å². The van der Waals surface area contributed by atoms with Crippen LogP contribution in [-0.2, 0) is 19.6 Å². The van der Waals surface area contributed by atoms with Crippen molar-refractivity contribution in [3.05, 3.63) is 52.5 Å². The minimum absolute atomic E-state index is 0.00340.